The molecule has 2 aliphatic rings. The molecule has 1 aromatic rings. The third kappa shape index (κ3) is 2.20. The van der Waals surface area contributed by atoms with Gasteiger partial charge >= 0.3 is 0 Å². The molecule has 0 aliphatic carbocycles. The quantitative estimate of drug-likeness (QED) is 0.914. The zero-order valence-corrected chi connectivity index (χ0v) is 12.8. The number of likely N-dealkylation sites (N-methyl/N-ethyl adjacent to an activating group) is 1. The first-order chi connectivity index (χ1) is 9.67. The van der Waals surface area contributed by atoms with Crippen molar-refractivity contribution >= 4 is 0 Å². The maximum absolute atomic E-state index is 6.25. The third-order valence-corrected chi connectivity index (χ3v) is 5.55. The van der Waals surface area contributed by atoms with Gasteiger partial charge in [0.1, 0.15) is 5.76 Å². The van der Waals surface area contributed by atoms with Crippen LogP contribution in [0.2, 0.25) is 0 Å². The van der Waals surface area contributed by atoms with E-state index in [2.05, 4.69) is 22.9 Å². The first-order valence-corrected chi connectivity index (χ1v) is 7.86. The van der Waals surface area contributed by atoms with E-state index in [1.54, 1.807) is 6.26 Å². The lowest BCUT2D eigenvalue weighted by Crippen LogP contribution is -2.60. The molecule has 0 aromatic carbocycles. The summed E-state index contributed by atoms with van der Waals surface area (Å²) in [4.78, 5) is 5.15. The molecule has 2 aliphatic heterocycles. The van der Waals surface area contributed by atoms with Gasteiger partial charge in [0, 0.05) is 36.8 Å². The molecule has 0 spiro atoms. The second-order valence-electron chi connectivity index (χ2n) is 6.46. The summed E-state index contributed by atoms with van der Waals surface area (Å²) in [6, 6.07) is 2.72. The van der Waals surface area contributed by atoms with Crippen LogP contribution in [-0.4, -0.2) is 48.1 Å². The Labute approximate surface area is 121 Å². The Kier molecular flexibility index (Phi) is 3.89. The zero-order chi connectivity index (χ0) is 14.2. The summed E-state index contributed by atoms with van der Waals surface area (Å²) in [5.74, 6) is 1.03. The molecule has 0 saturated carbocycles. The van der Waals surface area contributed by atoms with Gasteiger partial charge in [0.05, 0.1) is 6.26 Å². The smallest absolute Gasteiger partial charge is 0.105 e. The summed E-state index contributed by atoms with van der Waals surface area (Å²) >= 11 is 0. The van der Waals surface area contributed by atoms with E-state index >= 15 is 0 Å². The monoisotopic (exact) mass is 277 g/mol. The summed E-state index contributed by atoms with van der Waals surface area (Å²) in [6.07, 6.45) is 6.98. The van der Waals surface area contributed by atoms with Crippen LogP contribution in [0, 0.1) is 6.92 Å². The molecule has 4 heteroatoms. The molecule has 2 fully saturated rings. The Morgan fingerprint density at radius 2 is 2.30 bits per heavy atom. The van der Waals surface area contributed by atoms with Crippen molar-refractivity contribution in [3.8, 4) is 0 Å². The fourth-order valence-electron chi connectivity index (χ4n) is 4.20. The molecule has 2 atom stereocenters. The van der Waals surface area contributed by atoms with E-state index < -0.39 is 0 Å². The Morgan fingerprint density at radius 3 is 3.00 bits per heavy atom. The minimum atomic E-state index is 0.143. The van der Waals surface area contributed by atoms with Crippen molar-refractivity contribution < 1.29 is 4.42 Å². The van der Waals surface area contributed by atoms with Gasteiger partial charge in [-0.25, -0.2) is 0 Å². The van der Waals surface area contributed by atoms with E-state index in [-0.39, 0.29) is 5.54 Å². The highest BCUT2D eigenvalue weighted by molar-refractivity contribution is 5.17. The minimum Gasteiger partial charge on any atom is -0.469 e. The van der Waals surface area contributed by atoms with E-state index in [1.165, 1.54) is 44.3 Å². The number of hydrogen-bond acceptors (Lipinski definition) is 4. The number of aryl methyl sites for hydroxylation is 1. The molecule has 2 N–H and O–H groups in total. The van der Waals surface area contributed by atoms with Gasteiger partial charge in [0.15, 0.2) is 0 Å². The highest BCUT2D eigenvalue weighted by Crippen LogP contribution is 2.39. The van der Waals surface area contributed by atoms with Crippen LogP contribution in [-0.2, 0) is 6.54 Å². The summed E-state index contributed by atoms with van der Waals surface area (Å²) in [5, 5.41) is 0. The molecular weight excluding hydrogens is 250 g/mol. The van der Waals surface area contributed by atoms with Crippen LogP contribution in [0.1, 0.15) is 37.0 Å². The van der Waals surface area contributed by atoms with Gasteiger partial charge in [-0.3, -0.25) is 9.80 Å². The average molecular weight is 277 g/mol. The molecule has 2 unspecified atom stereocenters. The highest BCUT2D eigenvalue weighted by Gasteiger charge is 2.49. The van der Waals surface area contributed by atoms with E-state index in [4.69, 9.17) is 10.2 Å². The van der Waals surface area contributed by atoms with Crippen molar-refractivity contribution in [2.45, 2.75) is 50.7 Å². The number of piperidine rings is 1. The molecule has 1 aromatic heterocycles. The second kappa shape index (κ2) is 5.51. The van der Waals surface area contributed by atoms with Gasteiger partial charge in [0.2, 0.25) is 0 Å². The highest BCUT2D eigenvalue weighted by atomic mass is 16.3. The van der Waals surface area contributed by atoms with E-state index in [1.807, 2.05) is 6.92 Å². The van der Waals surface area contributed by atoms with Crippen molar-refractivity contribution in [1.29, 1.82) is 0 Å². The van der Waals surface area contributed by atoms with Crippen molar-refractivity contribution in [2.24, 2.45) is 5.73 Å². The first-order valence-electron chi connectivity index (χ1n) is 7.86. The SMILES string of the molecule is Cc1occc1CN(C)C1(CN)CCN2CCCCC21. The number of furan rings is 1. The molecule has 0 amide bonds. The van der Waals surface area contributed by atoms with Crippen LogP contribution in [0.3, 0.4) is 0 Å². The summed E-state index contributed by atoms with van der Waals surface area (Å²) in [7, 11) is 2.23. The van der Waals surface area contributed by atoms with Crippen LogP contribution < -0.4 is 5.73 Å². The molecule has 4 nitrogen and oxygen atoms in total. The maximum Gasteiger partial charge on any atom is 0.105 e. The maximum atomic E-state index is 6.25. The van der Waals surface area contributed by atoms with Crippen LogP contribution in [0.15, 0.2) is 16.7 Å². The normalized spacial score (nSPS) is 30.9. The Bertz CT molecular complexity index is 458. The predicted octanol–water partition coefficient (Wildman–Crippen LogP) is 1.98. The van der Waals surface area contributed by atoms with Crippen LogP contribution in [0.5, 0.6) is 0 Å². The number of nitrogens with zero attached hydrogens (tertiary/aromatic N) is 2. The van der Waals surface area contributed by atoms with Crippen LogP contribution in [0.4, 0.5) is 0 Å². The number of hydrogen-bond donors (Lipinski definition) is 1. The Morgan fingerprint density at radius 1 is 1.45 bits per heavy atom. The molecule has 112 valence electrons. The number of fused-ring (bicyclic) bond motifs is 1. The molecule has 0 bridgehead atoms. The average Bonchev–Trinajstić information content (AvgIpc) is 3.04. The molecule has 20 heavy (non-hydrogen) atoms. The van der Waals surface area contributed by atoms with Gasteiger partial charge in [-0.1, -0.05) is 6.42 Å². The lowest BCUT2D eigenvalue weighted by atomic mass is 9.84. The fourth-order valence-corrected chi connectivity index (χ4v) is 4.20. The second-order valence-corrected chi connectivity index (χ2v) is 6.46. The summed E-state index contributed by atoms with van der Waals surface area (Å²) in [5.41, 5.74) is 7.68. The van der Waals surface area contributed by atoms with E-state index in [0.717, 1.165) is 18.8 Å². The van der Waals surface area contributed by atoms with E-state index in [9.17, 15) is 0 Å². The van der Waals surface area contributed by atoms with Gasteiger partial charge in [-0.05, 0) is 45.8 Å². The number of rotatable bonds is 4. The Balaban J connectivity index is 1.79. The molecule has 3 heterocycles. The van der Waals surface area contributed by atoms with Gasteiger partial charge in [-0.15, -0.1) is 0 Å². The standard InChI is InChI=1S/C16H27N3O/c1-13-14(6-10-20-13)11-18(2)16(12-17)7-9-19-8-4-3-5-15(16)19/h6,10,15H,3-5,7-9,11-12,17H2,1-2H3. The Hall–Kier alpha value is -0.840. The lowest BCUT2D eigenvalue weighted by Gasteiger charge is -2.46. The van der Waals surface area contributed by atoms with Gasteiger partial charge in [-0.2, -0.15) is 0 Å². The van der Waals surface area contributed by atoms with Gasteiger partial charge in [0.25, 0.3) is 0 Å². The molecule has 0 radical (unpaired) electrons. The topological polar surface area (TPSA) is 45.6 Å². The van der Waals surface area contributed by atoms with E-state index in [0.29, 0.717) is 6.04 Å². The molecule has 2 saturated heterocycles. The lowest BCUT2D eigenvalue weighted by molar-refractivity contribution is 0.0509. The number of nitrogens with two attached hydrogens (primary N) is 1. The minimum absolute atomic E-state index is 0.143. The van der Waals surface area contributed by atoms with Gasteiger partial charge < -0.3 is 10.2 Å². The molecule has 3 rings (SSSR count). The summed E-state index contributed by atoms with van der Waals surface area (Å²) < 4.78 is 5.43. The van der Waals surface area contributed by atoms with Crippen LogP contribution >= 0.6 is 0 Å². The predicted molar refractivity (Wildman–Crippen MR) is 80.5 cm³/mol. The van der Waals surface area contributed by atoms with Crippen molar-refractivity contribution in [3.05, 3.63) is 23.7 Å². The van der Waals surface area contributed by atoms with Crippen LogP contribution in [0.25, 0.3) is 0 Å². The molecular formula is C16H27N3O. The zero-order valence-electron chi connectivity index (χ0n) is 12.8. The fraction of sp³-hybridized carbons (Fsp3) is 0.750. The van der Waals surface area contributed by atoms with Crippen molar-refractivity contribution in [2.75, 3.05) is 26.7 Å². The van der Waals surface area contributed by atoms with Crippen molar-refractivity contribution in [1.82, 2.24) is 9.80 Å². The third-order valence-electron chi connectivity index (χ3n) is 5.55. The first kappa shape index (κ1) is 14.1. The summed E-state index contributed by atoms with van der Waals surface area (Å²) in [6.45, 7) is 6.19. The van der Waals surface area contributed by atoms with Crippen molar-refractivity contribution in [3.63, 3.8) is 0 Å². The largest absolute Gasteiger partial charge is 0.469 e.